The van der Waals surface area contributed by atoms with Crippen LogP contribution in [0.25, 0.3) is 0 Å². The standard InChI is InChI=1S/Br2Cl2N2/c1-5(3)6(2)4. The fourth-order valence-electron chi connectivity index (χ4n) is 0. The molecule has 0 bridgehead atoms. The molecule has 0 spiro atoms. The Morgan fingerprint density at radius 3 is 1.17 bits per heavy atom. The van der Waals surface area contributed by atoms with E-state index in [4.69, 9.17) is 23.6 Å². The molecular weight excluding hydrogens is 259 g/mol. The van der Waals surface area contributed by atoms with Crippen molar-refractivity contribution in [3.05, 3.63) is 0 Å². The number of rotatable bonds is 1. The zero-order valence-electron chi connectivity index (χ0n) is 2.41. The van der Waals surface area contributed by atoms with Crippen LogP contribution in [0, 0.1) is 0 Å². The van der Waals surface area contributed by atoms with E-state index >= 15 is 0 Å². The Kier molecular flexibility index (Phi) is 4.30. The first kappa shape index (κ1) is 7.46. The van der Waals surface area contributed by atoms with Gasteiger partial charge in [0, 0.05) is 23.6 Å². The molecule has 0 saturated heterocycles. The van der Waals surface area contributed by atoms with Gasteiger partial charge >= 0.3 is 0 Å². The van der Waals surface area contributed by atoms with E-state index < -0.39 is 0 Å². The summed E-state index contributed by atoms with van der Waals surface area (Å²) in [5.74, 6) is 0. The smallest absolute Gasteiger partial charge is 0.0505 e. The average Bonchev–Trinajstić information content (AvgIpc) is 1.36. The molecule has 0 aliphatic heterocycles. The summed E-state index contributed by atoms with van der Waals surface area (Å²) in [6.07, 6.45) is 0. The van der Waals surface area contributed by atoms with E-state index in [1.165, 1.54) is 0 Å². The van der Waals surface area contributed by atoms with Crippen molar-refractivity contribution >= 4 is 55.8 Å². The molecule has 38 valence electrons. The lowest BCUT2D eigenvalue weighted by Gasteiger charge is -2.03. The Balaban J connectivity index is 2.99. The van der Waals surface area contributed by atoms with Crippen molar-refractivity contribution in [3.63, 3.8) is 0 Å². The van der Waals surface area contributed by atoms with Gasteiger partial charge < -0.3 is 0 Å². The molecular formula is Br2Cl2N2. The molecule has 0 aromatic rings. The van der Waals surface area contributed by atoms with Gasteiger partial charge in [0.15, 0.2) is 0 Å². The van der Waals surface area contributed by atoms with Crippen molar-refractivity contribution in [1.82, 2.24) is 7.11 Å². The summed E-state index contributed by atoms with van der Waals surface area (Å²) in [5.41, 5.74) is 0. The highest BCUT2D eigenvalue weighted by molar-refractivity contribution is 9.10. The zero-order chi connectivity index (χ0) is 5.15. The lowest BCUT2D eigenvalue weighted by molar-refractivity contribution is 0.532. The van der Waals surface area contributed by atoms with Gasteiger partial charge in [-0.25, -0.2) is 0 Å². The van der Waals surface area contributed by atoms with Crippen molar-refractivity contribution in [3.8, 4) is 0 Å². The second-order valence-corrected chi connectivity index (χ2v) is 3.23. The SMILES string of the molecule is ClN(Br)N(Cl)Br. The van der Waals surface area contributed by atoms with E-state index in [-0.39, 0.29) is 0 Å². The minimum Gasteiger partial charge on any atom is -0.0597 e. The Morgan fingerprint density at radius 1 is 1.00 bits per heavy atom. The van der Waals surface area contributed by atoms with Gasteiger partial charge in [-0.2, -0.15) is 0 Å². The van der Waals surface area contributed by atoms with Crippen LogP contribution in [0.1, 0.15) is 0 Å². The molecule has 0 aromatic carbocycles. The lowest BCUT2D eigenvalue weighted by Crippen LogP contribution is -2.03. The third-order valence-corrected chi connectivity index (χ3v) is 1.92. The first-order chi connectivity index (χ1) is 2.64. The predicted molar refractivity (Wildman–Crippen MR) is 33.2 cm³/mol. The largest absolute Gasteiger partial charge is 0.0597 e. The Morgan fingerprint density at radius 2 is 1.17 bits per heavy atom. The third kappa shape index (κ3) is 3.64. The lowest BCUT2D eigenvalue weighted by atomic mass is 12.9. The summed E-state index contributed by atoms with van der Waals surface area (Å²) in [6, 6.07) is 0. The van der Waals surface area contributed by atoms with E-state index in [9.17, 15) is 0 Å². The summed E-state index contributed by atoms with van der Waals surface area (Å²) in [5, 5.41) is 0. The summed E-state index contributed by atoms with van der Waals surface area (Å²) in [6.45, 7) is 0. The molecule has 0 aliphatic carbocycles. The first-order valence-corrected chi connectivity index (χ1v) is 2.97. The van der Waals surface area contributed by atoms with Gasteiger partial charge in [-0.15, -0.1) is 0 Å². The van der Waals surface area contributed by atoms with Gasteiger partial charge in [0.1, 0.15) is 0 Å². The van der Waals surface area contributed by atoms with Crippen LogP contribution in [-0.4, -0.2) is 7.11 Å². The van der Waals surface area contributed by atoms with E-state index in [0.717, 1.165) is 7.11 Å². The quantitative estimate of drug-likeness (QED) is 0.527. The molecule has 6 heavy (non-hydrogen) atoms. The van der Waals surface area contributed by atoms with Gasteiger partial charge in [0.2, 0.25) is 0 Å². The highest BCUT2D eigenvalue weighted by atomic mass is 79.9. The van der Waals surface area contributed by atoms with Crippen LogP contribution in [-0.2, 0) is 0 Å². The van der Waals surface area contributed by atoms with Crippen LogP contribution in [0.5, 0.6) is 0 Å². The van der Waals surface area contributed by atoms with Crippen molar-refractivity contribution in [2.75, 3.05) is 0 Å². The van der Waals surface area contributed by atoms with Crippen LogP contribution in [0.3, 0.4) is 0 Å². The molecule has 0 atom stereocenters. The molecule has 0 fully saturated rings. The number of halogens is 4. The average molecular weight is 259 g/mol. The number of hydrogen-bond acceptors (Lipinski definition) is 2. The number of nitrogens with zero attached hydrogens (tertiary/aromatic N) is 2. The second kappa shape index (κ2) is 3.46. The number of hydrazine groups is 1. The van der Waals surface area contributed by atoms with Gasteiger partial charge in [0.25, 0.3) is 0 Å². The van der Waals surface area contributed by atoms with E-state index in [1.807, 2.05) is 0 Å². The molecule has 0 rings (SSSR count). The molecule has 2 nitrogen and oxygen atoms in total. The van der Waals surface area contributed by atoms with Gasteiger partial charge in [-0.3, -0.25) is 0 Å². The molecule has 6 heteroatoms. The maximum Gasteiger partial charge on any atom is 0.0505 e. The van der Waals surface area contributed by atoms with E-state index in [2.05, 4.69) is 32.3 Å². The van der Waals surface area contributed by atoms with E-state index in [1.54, 1.807) is 0 Å². The minimum atomic E-state index is 0.967. The summed E-state index contributed by atoms with van der Waals surface area (Å²) >= 11 is 15.8. The summed E-state index contributed by atoms with van der Waals surface area (Å²) in [7, 11) is 0. The first-order valence-electron chi connectivity index (χ1n) is 0.876. The second-order valence-electron chi connectivity index (χ2n) is 0.430. The van der Waals surface area contributed by atoms with Crippen LogP contribution >= 0.6 is 55.8 Å². The van der Waals surface area contributed by atoms with Crippen molar-refractivity contribution in [2.45, 2.75) is 0 Å². The minimum absolute atomic E-state index is 0.967. The fraction of sp³-hybridized carbons (Fsp3) is 0. The molecule has 0 aliphatic rings. The Hall–Kier alpha value is 1.46. The van der Waals surface area contributed by atoms with Gasteiger partial charge in [-0.1, -0.05) is 7.11 Å². The predicted octanol–water partition coefficient (Wildman–Crippen LogP) is 2.43. The molecule has 0 saturated carbocycles. The van der Waals surface area contributed by atoms with Crippen molar-refractivity contribution in [2.24, 2.45) is 0 Å². The molecule has 0 unspecified atom stereocenters. The molecule has 0 radical (unpaired) electrons. The highest BCUT2D eigenvalue weighted by Gasteiger charge is 1.97. The normalized spacial score (nSPS) is 11.0. The molecule has 0 aromatic heterocycles. The van der Waals surface area contributed by atoms with Crippen molar-refractivity contribution < 1.29 is 0 Å². The summed E-state index contributed by atoms with van der Waals surface area (Å²) < 4.78 is 1.93. The summed E-state index contributed by atoms with van der Waals surface area (Å²) in [4.78, 5) is 0. The maximum atomic E-state index is 5.11. The van der Waals surface area contributed by atoms with Crippen molar-refractivity contribution in [1.29, 1.82) is 0 Å². The molecule has 0 amide bonds. The molecule has 0 N–H and O–H groups in total. The topological polar surface area (TPSA) is 6.48 Å². The monoisotopic (exact) mass is 256 g/mol. The Labute approximate surface area is 62.8 Å². The number of hydrogen-bond donors (Lipinski definition) is 0. The zero-order valence-corrected chi connectivity index (χ0v) is 7.09. The van der Waals surface area contributed by atoms with Crippen LogP contribution < -0.4 is 0 Å². The molecule has 0 heterocycles. The third-order valence-electron chi connectivity index (χ3n) is 0.114. The van der Waals surface area contributed by atoms with Gasteiger partial charge in [-0.05, 0) is 0 Å². The Bertz CT molecular complexity index is 30.5. The maximum absolute atomic E-state index is 5.11. The van der Waals surface area contributed by atoms with Crippen LogP contribution in [0.4, 0.5) is 0 Å². The van der Waals surface area contributed by atoms with Gasteiger partial charge in [0.05, 0.1) is 32.3 Å². The fourth-order valence-corrected chi connectivity index (χ4v) is 0. The highest BCUT2D eigenvalue weighted by Crippen LogP contribution is 2.14. The van der Waals surface area contributed by atoms with Crippen LogP contribution in [0.15, 0.2) is 0 Å². The van der Waals surface area contributed by atoms with Crippen LogP contribution in [0.2, 0.25) is 0 Å². The van der Waals surface area contributed by atoms with E-state index in [0.29, 0.717) is 0 Å².